The Morgan fingerprint density at radius 1 is 1.28 bits per heavy atom. The van der Waals surface area contributed by atoms with Crippen molar-refractivity contribution in [3.8, 4) is 5.69 Å². The van der Waals surface area contributed by atoms with Gasteiger partial charge in [0.05, 0.1) is 24.5 Å². The van der Waals surface area contributed by atoms with Crippen LogP contribution in [0.2, 0.25) is 0 Å². The van der Waals surface area contributed by atoms with Gasteiger partial charge in [0.2, 0.25) is 11.8 Å². The van der Waals surface area contributed by atoms with Gasteiger partial charge in [0.15, 0.2) is 0 Å². The SMILES string of the molecule is CC(=O)NCC(=O)N[C@@H]1CCCc2c1cnn2-c1ccc(C)c(C)c1. The molecule has 0 fully saturated rings. The molecule has 132 valence electrons. The van der Waals surface area contributed by atoms with Crippen LogP contribution >= 0.6 is 0 Å². The van der Waals surface area contributed by atoms with Crippen molar-refractivity contribution in [1.29, 1.82) is 0 Å². The molecule has 0 saturated carbocycles. The molecule has 0 radical (unpaired) electrons. The minimum absolute atomic E-state index is 0.00641. The molecule has 1 atom stereocenters. The summed E-state index contributed by atoms with van der Waals surface area (Å²) in [4.78, 5) is 23.0. The Morgan fingerprint density at radius 2 is 2.08 bits per heavy atom. The zero-order chi connectivity index (χ0) is 18.0. The molecule has 2 aromatic rings. The van der Waals surface area contributed by atoms with Crippen LogP contribution in [-0.2, 0) is 16.0 Å². The van der Waals surface area contributed by atoms with Gasteiger partial charge in [-0.2, -0.15) is 5.10 Å². The number of carbonyl (C=O) groups excluding carboxylic acids is 2. The number of hydrogen-bond acceptors (Lipinski definition) is 3. The van der Waals surface area contributed by atoms with E-state index in [1.54, 1.807) is 0 Å². The second-order valence-corrected chi connectivity index (χ2v) is 6.65. The van der Waals surface area contributed by atoms with Gasteiger partial charge < -0.3 is 10.6 Å². The van der Waals surface area contributed by atoms with Gasteiger partial charge in [-0.25, -0.2) is 4.68 Å². The van der Waals surface area contributed by atoms with Crippen LogP contribution in [0.5, 0.6) is 0 Å². The number of nitrogens with one attached hydrogen (secondary N) is 2. The summed E-state index contributed by atoms with van der Waals surface area (Å²) in [6, 6.07) is 6.27. The monoisotopic (exact) mass is 340 g/mol. The molecule has 1 aromatic carbocycles. The average Bonchev–Trinajstić information content (AvgIpc) is 3.01. The highest BCUT2D eigenvalue weighted by atomic mass is 16.2. The Balaban J connectivity index is 1.81. The van der Waals surface area contributed by atoms with Gasteiger partial charge in [-0.15, -0.1) is 0 Å². The highest BCUT2D eigenvalue weighted by Crippen LogP contribution is 2.31. The fraction of sp³-hybridized carbons (Fsp3) is 0.421. The molecule has 0 bridgehead atoms. The number of rotatable bonds is 4. The van der Waals surface area contributed by atoms with Crippen LogP contribution in [0.15, 0.2) is 24.4 Å². The predicted molar refractivity (Wildman–Crippen MR) is 95.5 cm³/mol. The summed E-state index contributed by atoms with van der Waals surface area (Å²) in [5.41, 5.74) is 5.76. The number of fused-ring (bicyclic) bond motifs is 1. The number of benzene rings is 1. The summed E-state index contributed by atoms with van der Waals surface area (Å²) < 4.78 is 1.98. The molecule has 6 heteroatoms. The molecule has 1 heterocycles. The number of carbonyl (C=O) groups is 2. The van der Waals surface area contributed by atoms with E-state index in [0.29, 0.717) is 0 Å². The van der Waals surface area contributed by atoms with Crippen LogP contribution in [0, 0.1) is 13.8 Å². The number of aryl methyl sites for hydroxylation is 2. The normalized spacial score (nSPS) is 16.2. The van der Waals surface area contributed by atoms with Gasteiger partial charge in [-0.1, -0.05) is 6.07 Å². The number of hydrogen-bond donors (Lipinski definition) is 2. The third-order valence-corrected chi connectivity index (χ3v) is 4.75. The first-order chi connectivity index (χ1) is 12.0. The van der Waals surface area contributed by atoms with Gasteiger partial charge in [0.1, 0.15) is 0 Å². The minimum Gasteiger partial charge on any atom is -0.348 e. The van der Waals surface area contributed by atoms with E-state index < -0.39 is 0 Å². The zero-order valence-corrected chi connectivity index (χ0v) is 14.9. The highest BCUT2D eigenvalue weighted by Gasteiger charge is 2.26. The van der Waals surface area contributed by atoms with Crippen molar-refractivity contribution in [2.75, 3.05) is 6.54 Å². The van der Waals surface area contributed by atoms with Crippen molar-refractivity contribution in [1.82, 2.24) is 20.4 Å². The molecule has 0 aliphatic heterocycles. The first-order valence-corrected chi connectivity index (χ1v) is 8.64. The summed E-state index contributed by atoms with van der Waals surface area (Å²) in [5.74, 6) is -0.381. The Labute approximate surface area is 147 Å². The van der Waals surface area contributed by atoms with Crippen molar-refractivity contribution >= 4 is 11.8 Å². The van der Waals surface area contributed by atoms with E-state index in [9.17, 15) is 9.59 Å². The van der Waals surface area contributed by atoms with Crippen molar-refractivity contribution in [3.63, 3.8) is 0 Å². The van der Waals surface area contributed by atoms with E-state index in [-0.39, 0.29) is 24.4 Å². The fourth-order valence-corrected chi connectivity index (χ4v) is 3.24. The second kappa shape index (κ2) is 7.09. The lowest BCUT2D eigenvalue weighted by molar-refractivity contribution is -0.125. The summed E-state index contributed by atoms with van der Waals surface area (Å²) in [6.07, 6.45) is 4.68. The first kappa shape index (κ1) is 17.2. The highest BCUT2D eigenvalue weighted by molar-refractivity contribution is 5.83. The maximum absolute atomic E-state index is 12.0. The van der Waals surface area contributed by atoms with Gasteiger partial charge in [-0.05, 0) is 56.4 Å². The molecular formula is C19H24N4O2. The molecule has 3 rings (SSSR count). The molecule has 1 aliphatic rings. The van der Waals surface area contributed by atoms with Gasteiger partial charge in [-0.3, -0.25) is 9.59 Å². The van der Waals surface area contributed by atoms with Crippen LogP contribution in [0.1, 0.15) is 48.2 Å². The van der Waals surface area contributed by atoms with Crippen LogP contribution in [0.4, 0.5) is 0 Å². The van der Waals surface area contributed by atoms with Crippen LogP contribution in [0.25, 0.3) is 5.69 Å². The van der Waals surface area contributed by atoms with Crippen LogP contribution < -0.4 is 10.6 Å². The lowest BCUT2D eigenvalue weighted by atomic mass is 9.92. The zero-order valence-electron chi connectivity index (χ0n) is 14.9. The summed E-state index contributed by atoms with van der Waals surface area (Å²) in [5, 5.41) is 10.1. The van der Waals surface area contributed by atoms with Crippen molar-refractivity contribution in [2.24, 2.45) is 0 Å². The Hall–Kier alpha value is -2.63. The molecule has 2 amide bonds. The maximum atomic E-state index is 12.0. The Morgan fingerprint density at radius 3 is 2.80 bits per heavy atom. The van der Waals surface area contributed by atoms with Crippen LogP contribution in [-0.4, -0.2) is 28.1 Å². The predicted octanol–water partition coefficient (Wildman–Crippen LogP) is 2.12. The third-order valence-electron chi connectivity index (χ3n) is 4.75. The third kappa shape index (κ3) is 3.73. The molecule has 25 heavy (non-hydrogen) atoms. The summed E-state index contributed by atoms with van der Waals surface area (Å²) in [6.45, 7) is 5.60. The van der Waals surface area contributed by atoms with Crippen LogP contribution in [0.3, 0.4) is 0 Å². The molecule has 0 saturated heterocycles. The fourth-order valence-electron chi connectivity index (χ4n) is 3.24. The first-order valence-electron chi connectivity index (χ1n) is 8.64. The molecule has 0 spiro atoms. The van der Waals surface area contributed by atoms with Gasteiger partial charge in [0, 0.05) is 18.2 Å². The minimum atomic E-state index is -0.206. The van der Waals surface area contributed by atoms with Gasteiger partial charge in [0.25, 0.3) is 0 Å². The summed E-state index contributed by atoms with van der Waals surface area (Å²) in [7, 11) is 0. The Kier molecular flexibility index (Phi) is 4.88. The van der Waals surface area contributed by atoms with Gasteiger partial charge >= 0.3 is 0 Å². The topological polar surface area (TPSA) is 76.0 Å². The van der Waals surface area contributed by atoms with Crippen molar-refractivity contribution in [3.05, 3.63) is 46.8 Å². The van der Waals surface area contributed by atoms with E-state index >= 15 is 0 Å². The summed E-state index contributed by atoms with van der Waals surface area (Å²) >= 11 is 0. The molecule has 1 aliphatic carbocycles. The number of amides is 2. The lowest BCUT2D eigenvalue weighted by Crippen LogP contribution is -2.38. The maximum Gasteiger partial charge on any atom is 0.239 e. The van der Waals surface area contributed by atoms with E-state index in [1.165, 1.54) is 18.1 Å². The van der Waals surface area contributed by atoms with E-state index in [2.05, 4.69) is 47.8 Å². The molecule has 0 unspecified atom stereocenters. The quantitative estimate of drug-likeness (QED) is 0.895. The van der Waals surface area contributed by atoms with Crippen molar-refractivity contribution < 1.29 is 9.59 Å². The van der Waals surface area contributed by atoms with E-state index in [4.69, 9.17) is 0 Å². The number of aromatic nitrogens is 2. The standard InChI is InChI=1S/C19H24N4O2/c1-12-7-8-15(9-13(12)2)23-18-6-4-5-17(16(18)10-21-23)22-19(25)11-20-14(3)24/h7-10,17H,4-6,11H2,1-3H3,(H,20,24)(H,22,25)/t17-/m1/s1. The smallest absolute Gasteiger partial charge is 0.239 e. The number of nitrogens with zero attached hydrogens (tertiary/aromatic N) is 2. The largest absolute Gasteiger partial charge is 0.348 e. The molecular weight excluding hydrogens is 316 g/mol. The molecule has 1 aromatic heterocycles. The van der Waals surface area contributed by atoms with E-state index in [1.807, 2.05) is 10.9 Å². The average molecular weight is 340 g/mol. The second-order valence-electron chi connectivity index (χ2n) is 6.65. The lowest BCUT2D eigenvalue weighted by Gasteiger charge is -2.24. The van der Waals surface area contributed by atoms with E-state index in [0.717, 1.165) is 36.2 Å². The Bertz CT molecular complexity index is 810. The molecule has 6 nitrogen and oxygen atoms in total. The molecule has 2 N–H and O–H groups in total. The van der Waals surface area contributed by atoms with Crippen molar-refractivity contribution in [2.45, 2.75) is 46.1 Å².